The van der Waals surface area contributed by atoms with Crippen molar-refractivity contribution in [3.05, 3.63) is 66.0 Å². The van der Waals surface area contributed by atoms with E-state index in [-0.39, 0.29) is 24.2 Å². The number of nitrogens with one attached hydrogen (secondary N) is 1. The van der Waals surface area contributed by atoms with Gasteiger partial charge in [-0.1, -0.05) is 42.5 Å². The molecule has 0 aliphatic heterocycles. The molecule has 0 aromatic heterocycles. The first-order chi connectivity index (χ1) is 11.0. The number of anilines is 1. The fourth-order valence-corrected chi connectivity index (χ4v) is 2.34. The lowest BCUT2D eigenvalue weighted by Gasteiger charge is -2.28. The zero-order valence-corrected chi connectivity index (χ0v) is 13.1. The van der Waals surface area contributed by atoms with Crippen molar-refractivity contribution in [1.29, 1.82) is 0 Å². The van der Waals surface area contributed by atoms with Crippen LogP contribution in [0.4, 0.5) is 10.1 Å². The van der Waals surface area contributed by atoms with Gasteiger partial charge in [-0.3, -0.25) is 9.59 Å². The van der Waals surface area contributed by atoms with Gasteiger partial charge in [0.1, 0.15) is 12.4 Å². The molecule has 1 unspecified atom stereocenters. The van der Waals surface area contributed by atoms with Crippen LogP contribution in [0.1, 0.15) is 25.5 Å². The smallest absolute Gasteiger partial charge is 0.244 e. The van der Waals surface area contributed by atoms with Crippen molar-refractivity contribution in [2.24, 2.45) is 0 Å². The number of carbonyl (C=O) groups excluding carboxylic acids is 2. The van der Waals surface area contributed by atoms with Gasteiger partial charge in [-0.25, -0.2) is 4.39 Å². The predicted molar refractivity (Wildman–Crippen MR) is 87.3 cm³/mol. The lowest BCUT2D eigenvalue weighted by Crippen LogP contribution is -2.38. The Bertz CT molecular complexity index is 688. The molecule has 4 nitrogen and oxygen atoms in total. The van der Waals surface area contributed by atoms with Crippen LogP contribution in [0, 0.1) is 5.82 Å². The summed E-state index contributed by atoms with van der Waals surface area (Å²) in [5.74, 6) is -1.16. The number of carbonyl (C=O) groups is 2. The number of halogens is 1. The second-order valence-electron chi connectivity index (χ2n) is 5.26. The second-order valence-corrected chi connectivity index (χ2v) is 5.26. The van der Waals surface area contributed by atoms with E-state index in [2.05, 4.69) is 5.32 Å². The van der Waals surface area contributed by atoms with E-state index in [9.17, 15) is 14.0 Å². The highest BCUT2D eigenvalue weighted by Gasteiger charge is 2.21. The number of hydrogen-bond donors (Lipinski definition) is 1. The van der Waals surface area contributed by atoms with Gasteiger partial charge in [-0.2, -0.15) is 0 Å². The Morgan fingerprint density at radius 2 is 1.70 bits per heavy atom. The zero-order chi connectivity index (χ0) is 16.8. The maximum atomic E-state index is 13.6. The summed E-state index contributed by atoms with van der Waals surface area (Å²) in [6.07, 6.45) is 0. The van der Waals surface area contributed by atoms with Gasteiger partial charge in [-0.05, 0) is 24.6 Å². The van der Waals surface area contributed by atoms with Crippen LogP contribution >= 0.6 is 0 Å². The Labute approximate surface area is 134 Å². The molecule has 0 fully saturated rings. The summed E-state index contributed by atoms with van der Waals surface area (Å²) in [7, 11) is 0. The van der Waals surface area contributed by atoms with Crippen LogP contribution in [0.15, 0.2) is 54.6 Å². The number of hydrogen-bond acceptors (Lipinski definition) is 2. The first kappa shape index (κ1) is 16.7. The minimum absolute atomic E-state index is 0.105. The molecule has 2 rings (SSSR count). The largest absolute Gasteiger partial charge is 0.327 e. The van der Waals surface area contributed by atoms with Crippen LogP contribution < -0.4 is 5.32 Å². The van der Waals surface area contributed by atoms with Gasteiger partial charge in [0.15, 0.2) is 0 Å². The monoisotopic (exact) mass is 314 g/mol. The molecule has 0 bridgehead atoms. The molecule has 0 saturated carbocycles. The number of nitrogens with zero attached hydrogens (tertiary/aromatic N) is 1. The molecule has 23 heavy (non-hydrogen) atoms. The normalized spacial score (nSPS) is 11.6. The fourth-order valence-electron chi connectivity index (χ4n) is 2.34. The maximum absolute atomic E-state index is 13.6. The maximum Gasteiger partial charge on any atom is 0.244 e. The molecule has 120 valence electrons. The van der Waals surface area contributed by atoms with Crippen LogP contribution in [0.3, 0.4) is 0 Å². The number of benzene rings is 2. The number of rotatable bonds is 5. The number of para-hydroxylation sites is 1. The van der Waals surface area contributed by atoms with Crippen LogP contribution in [0.2, 0.25) is 0 Å². The first-order valence-corrected chi connectivity index (χ1v) is 7.35. The van der Waals surface area contributed by atoms with E-state index < -0.39 is 11.7 Å². The molecule has 1 atom stereocenters. The molecule has 0 spiro atoms. The van der Waals surface area contributed by atoms with Crippen molar-refractivity contribution in [2.75, 3.05) is 11.9 Å². The highest BCUT2D eigenvalue weighted by Crippen LogP contribution is 2.20. The highest BCUT2D eigenvalue weighted by atomic mass is 19.1. The van der Waals surface area contributed by atoms with Gasteiger partial charge in [0.25, 0.3) is 0 Å². The lowest BCUT2D eigenvalue weighted by atomic mass is 10.1. The average Bonchev–Trinajstić information content (AvgIpc) is 2.55. The molecular weight excluding hydrogens is 295 g/mol. The molecule has 0 heterocycles. The summed E-state index contributed by atoms with van der Waals surface area (Å²) in [5.41, 5.74) is 1.04. The van der Waals surface area contributed by atoms with Gasteiger partial charge in [0.05, 0.1) is 11.7 Å². The molecule has 5 heteroatoms. The zero-order valence-electron chi connectivity index (χ0n) is 13.1. The van der Waals surface area contributed by atoms with E-state index in [0.717, 1.165) is 5.56 Å². The van der Waals surface area contributed by atoms with Gasteiger partial charge in [-0.15, -0.1) is 0 Å². The molecule has 2 amide bonds. The van der Waals surface area contributed by atoms with Gasteiger partial charge in [0.2, 0.25) is 11.8 Å². The quantitative estimate of drug-likeness (QED) is 0.920. The van der Waals surface area contributed by atoms with Crippen molar-refractivity contribution >= 4 is 17.5 Å². The Hall–Kier alpha value is -2.69. The van der Waals surface area contributed by atoms with E-state index in [4.69, 9.17) is 0 Å². The summed E-state index contributed by atoms with van der Waals surface area (Å²) in [5, 5.41) is 2.49. The summed E-state index contributed by atoms with van der Waals surface area (Å²) >= 11 is 0. The van der Waals surface area contributed by atoms with E-state index in [1.54, 1.807) is 12.1 Å². The van der Waals surface area contributed by atoms with E-state index in [1.807, 2.05) is 37.3 Å². The molecule has 0 saturated heterocycles. The minimum atomic E-state index is -0.508. The van der Waals surface area contributed by atoms with Crippen LogP contribution in [-0.2, 0) is 9.59 Å². The van der Waals surface area contributed by atoms with Crippen molar-refractivity contribution < 1.29 is 14.0 Å². The third-order valence-electron chi connectivity index (χ3n) is 3.62. The third kappa shape index (κ3) is 4.39. The third-order valence-corrected chi connectivity index (χ3v) is 3.62. The standard InChI is InChI=1S/C18H19FN2O2/c1-13(15-8-4-3-5-9-15)21(14(2)22)12-18(23)20-17-11-7-6-10-16(17)19/h3-11,13H,12H2,1-2H3,(H,20,23). The van der Waals surface area contributed by atoms with Gasteiger partial charge < -0.3 is 10.2 Å². The SMILES string of the molecule is CC(=O)N(CC(=O)Nc1ccccc1F)C(C)c1ccccc1. The molecule has 2 aromatic carbocycles. The van der Waals surface area contributed by atoms with Crippen molar-refractivity contribution in [3.63, 3.8) is 0 Å². The first-order valence-electron chi connectivity index (χ1n) is 7.35. The van der Waals surface area contributed by atoms with Crippen LogP contribution in [0.5, 0.6) is 0 Å². The van der Waals surface area contributed by atoms with E-state index in [1.165, 1.54) is 24.0 Å². The molecule has 2 aromatic rings. The van der Waals surface area contributed by atoms with Crippen molar-refractivity contribution in [3.8, 4) is 0 Å². The Kier molecular flexibility index (Phi) is 5.46. The summed E-state index contributed by atoms with van der Waals surface area (Å²) < 4.78 is 13.6. The average molecular weight is 314 g/mol. The minimum Gasteiger partial charge on any atom is -0.327 e. The van der Waals surface area contributed by atoms with Crippen LogP contribution in [0.25, 0.3) is 0 Å². The van der Waals surface area contributed by atoms with E-state index >= 15 is 0 Å². The highest BCUT2D eigenvalue weighted by molar-refractivity contribution is 5.94. The topological polar surface area (TPSA) is 49.4 Å². The lowest BCUT2D eigenvalue weighted by molar-refractivity contribution is -0.134. The molecule has 0 aliphatic rings. The fraction of sp³-hybridized carbons (Fsp3) is 0.222. The Morgan fingerprint density at radius 1 is 1.09 bits per heavy atom. The summed E-state index contributed by atoms with van der Waals surface area (Å²) in [4.78, 5) is 25.5. The predicted octanol–water partition coefficient (Wildman–Crippen LogP) is 3.37. The number of amides is 2. The van der Waals surface area contributed by atoms with Gasteiger partial charge in [0, 0.05) is 6.92 Å². The summed E-state index contributed by atoms with van der Waals surface area (Å²) in [6.45, 7) is 3.13. The molecular formula is C18H19FN2O2. The molecule has 1 N–H and O–H groups in total. The Balaban J connectivity index is 2.09. The summed E-state index contributed by atoms with van der Waals surface area (Å²) in [6, 6.07) is 15.1. The van der Waals surface area contributed by atoms with Crippen molar-refractivity contribution in [1.82, 2.24) is 4.90 Å². The molecule has 0 aliphatic carbocycles. The molecule has 0 radical (unpaired) electrons. The van der Waals surface area contributed by atoms with Crippen molar-refractivity contribution in [2.45, 2.75) is 19.9 Å². The second kappa shape index (κ2) is 7.54. The Morgan fingerprint density at radius 3 is 2.30 bits per heavy atom. The van der Waals surface area contributed by atoms with Crippen LogP contribution in [-0.4, -0.2) is 23.3 Å². The van der Waals surface area contributed by atoms with E-state index in [0.29, 0.717) is 0 Å². The van der Waals surface area contributed by atoms with Gasteiger partial charge >= 0.3 is 0 Å².